The summed E-state index contributed by atoms with van der Waals surface area (Å²) in [5.41, 5.74) is 3.74. The lowest BCUT2D eigenvalue weighted by Crippen LogP contribution is -2.21. The highest BCUT2D eigenvalue weighted by Gasteiger charge is 2.09. The highest BCUT2D eigenvalue weighted by molar-refractivity contribution is 6.31. The van der Waals surface area contributed by atoms with Crippen molar-refractivity contribution in [3.8, 4) is 5.75 Å². The third-order valence-corrected chi connectivity index (χ3v) is 4.22. The van der Waals surface area contributed by atoms with E-state index in [9.17, 15) is 9.59 Å². The molecule has 0 aliphatic heterocycles. The second-order valence-corrected chi connectivity index (χ2v) is 6.86. The van der Waals surface area contributed by atoms with Gasteiger partial charge in [0.15, 0.2) is 6.61 Å². The lowest BCUT2D eigenvalue weighted by Gasteiger charge is -2.09. The van der Waals surface area contributed by atoms with Crippen molar-refractivity contribution in [2.24, 2.45) is 0 Å². The molecule has 0 saturated carbocycles. The van der Waals surface area contributed by atoms with Gasteiger partial charge in [-0.2, -0.15) is 0 Å². The van der Waals surface area contributed by atoms with Gasteiger partial charge in [0.2, 0.25) is 0 Å². The molecule has 1 N–H and O–H groups in total. The topological polar surface area (TPSA) is 64.6 Å². The molecule has 2 aromatic carbocycles. The number of benzene rings is 2. The minimum Gasteiger partial charge on any atom is -0.494 e. The number of carbonyl (C=O) groups excluding carboxylic acids is 2. The summed E-state index contributed by atoms with van der Waals surface area (Å²) in [6.07, 6.45) is 0.683. The summed E-state index contributed by atoms with van der Waals surface area (Å²) in [4.78, 5) is 23.6. The van der Waals surface area contributed by atoms with E-state index in [1.807, 2.05) is 45.0 Å². The van der Waals surface area contributed by atoms with E-state index in [0.29, 0.717) is 29.5 Å². The van der Waals surface area contributed by atoms with Crippen LogP contribution < -0.4 is 10.1 Å². The molecule has 6 heteroatoms. The Hall–Kier alpha value is -2.53. The molecule has 0 atom stereocenters. The van der Waals surface area contributed by atoms with Gasteiger partial charge in [0.25, 0.3) is 5.91 Å². The lowest BCUT2D eigenvalue weighted by molar-refractivity contribution is -0.147. The first-order chi connectivity index (χ1) is 12.8. The molecule has 2 aromatic rings. The maximum Gasteiger partial charge on any atom is 0.306 e. The van der Waals surface area contributed by atoms with Gasteiger partial charge in [-0.25, -0.2) is 0 Å². The zero-order valence-corrected chi connectivity index (χ0v) is 16.6. The molecule has 0 spiro atoms. The molecule has 0 aromatic heterocycles. The van der Waals surface area contributed by atoms with E-state index in [1.54, 1.807) is 12.1 Å². The fraction of sp³-hybridized carbons (Fsp3) is 0.333. The van der Waals surface area contributed by atoms with E-state index in [-0.39, 0.29) is 18.9 Å². The SMILES string of the molecule is Cc1cc(C)cc(NC(=O)COC(=O)CCCOc2ccc(Cl)c(C)c2)c1. The van der Waals surface area contributed by atoms with Crippen LogP contribution >= 0.6 is 11.6 Å². The molecule has 5 nitrogen and oxygen atoms in total. The molecule has 27 heavy (non-hydrogen) atoms. The number of halogens is 1. The summed E-state index contributed by atoms with van der Waals surface area (Å²) < 4.78 is 10.6. The van der Waals surface area contributed by atoms with Crippen LogP contribution in [-0.4, -0.2) is 25.1 Å². The van der Waals surface area contributed by atoms with Gasteiger partial charge in [-0.05, 0) is 74.2 Å². The van der Waals surface area contributed by atoms with E-state index in [4.69, 9.17) is 21.1 Å². The Morgan fingerprint density at radius 2 is 1.74 bits per heavy atom. The molecular weight excluding hydrogens is 366 g/mol. The quantitative estimate of drug-likeness (QED) is 0.529. The Morgan fingerprint density at radius 1 is 1.04 bits per heavy atom. The number of ether oxygens (including phenoxy) is 2. The molecule has 0 radical (unpaired) electrons. The predicted molar refractivity (Wildman–Crippen MR) is 106 cm³/mol. The average molecular weight is 390 g/mol. The molecule has 0 bridgehead atoms. The Kier molecular flexibility index (Phi) is 7.67. The maximum atomic E-state index is 11.9. The van der Waals surface area contributed by atoms with Crippen LogP contribution in [0, 0.1) is 20.8 Å². The van der Waals surface area contributed by atoms with Gasteiger partial charge in [-0.15, -0.1) is 0 Å². The number of hydrogen-bond donors (Lipinski definition) is 1. The van der Waals surface area contributed by atoms with Crippen molar-refractivity contribution in [2.75, 3.05) is 18.5 Å². The van der Waals surface area contributed by atoms with E-state index < -0.39 is 5.97 Å². The largest absolute Gasteiger partial charge is 0.494 e. The van der Waals surface area contributed by atoms with Gasteiger partial charge in [0, 0.05) is 17.1 Å². The lowest BCUT2D eigenvalue weighted by atomic mass is 10.1. The van der Waals surface area contributed by atoms with Crippen LogP contribution in [0.25, 0.3) is 0 Å². The number of anilines is 1. The highest BCUT2D eigenvalue weighted by Crippen LogP contribution is 2.21. The minimum absolute atomic E-state index is 0.184. The first-order valence-corrected chi connectivity index (χ1v) is 9.14. The zero-order valence-electron chi connectivity index (χ0n) is 15.8. The fourth-order valence-corrected chi connectivity index (χ4v) is 2.69. The number of amides is 1. The number of hydrogen-bond acceptors (Lipinski definition) is 4. The number of rotatable bonds is 8. The van der Waals surface area contributed by atoms with Gasteiger partial charge in [-0.1, -0.05) is 17.7 Å². The molecule has 2 rings (SSSR count). The van der Waals surface area contributed by atoms with Crippen LogP contribution in [-0.2, 0) is 14.3 Å². The van der Waals surface area contributed by atoms with Gasteiger partial charge in [-0.3, -0.25) is 9.59 Å². The molecule has 0 saturated heterocycles. The molecule has 1 amide bonds. The summed E-state index contributed by atoms with van der Waals surface area (Å²) >= 11 is 5.96. The van der Waals surface area contributed by atoms with E-state index in [1.165, 1.54) is 0 Å². The van der Waals surface area contributed by atoms with Crippen LogP contribution in [0.4, 0.5) is 5.69 Å². The summed E-state index contributed by atoms with van der Waals surface area (Å²) in [7, 11) is 0. The Labute approximate surface area is 164 Å². The van der Waals surface area contributed by atoms with E-state index in [2.05, 4.69) is 5.32 Å². The van der Waals surface area contributed by atoms with Gasteiger partial charge in [0.05, 0.1) is 6.61 Å². The Morgan fingerprint density at radius 3 is 2.41 bits per heavy atom. The van der Waals surface area contributed by atoms with Crippen molar-refractivity contribution >= 4 is 29.2 Å². The number of aryl methyl sites for hydroxylation is 3. The molecule has 0 aliphatic carbocycles. The average Bonchev–Trinajstić information content (AvgIpc) is 2.59. The van der Waals surface area contributed by atoms with Gasteiger partial charge < -0.3 is 14.8 Å². The first-order valence-electron chi connectivity index (χ1n) is 8.76. The van der Waals surface area contributed by atoms with Crippen LogP contribution in [0.3, 0.4) is 0 Å². The zero-order chi connectivity index (χ0) is 19.8. The van der Waals surface area contributed by atoms with Crippen LogP contribution in [0.2, 0.25) is 5.02 Å². The van der Waals surface area contributed by atoms with E-state index in [0.717, 1.165) is 16.7 Å². The van der Waals surface area contributed by atoms with E-state index >= 15 is 0 Å². The summed E-state index contributed by atoms with van der Waals surface area (Å²) in [6.45, 7) is 5.88. The number of nitrogens with one attached hydrogen (secondary N) is 1. The fourth-order valence-electron chi connectivity index (χ4n) is 2.58. The number of esters is 1. The second-order valence-electron chi connectivity index (χ2n) is 6.45. The van der Waals surface area contributed by atoms with Crippen LogP contribution in [0.15, 0.2) is 36.4 Å². The smallest absolute Gasteiger partial charge is 0.306 e. The molecule has 144 valence electrons. The Bertz CT molecular complexity index is 800. The third-order valence-electron chi connectivity index (χ3n) is 3.79. The maximum absolute atomic E-state index is 11.9. The van der Waals surface area contributed by atoms with Crippen molar-refractivity contribution in [1.29, 1.82) is 0 Å². The second kappa shape index (κ2) is 9.97. The molecule has 0 aliphatic rings. The standard InChI is InChI=1S/C21H24ClNO4/c1-14-9-15(2)11-17(10-14)23-20(24)13-27-21(25)5-4-8-26-18-6-7-19(22)16(3)12-18/h6-7,9-12H,4-5,8,13H2,1-3H3,(H,23,24). The monoisotopic (exact) mass is 389 g/mol. The Balaban J connectivity index is 1.65. The summed E-state index contributed by atoms with van der Waals surface area (Å²) in [6, 6.07) is 11.1. The summed E-state index contributed by atoms with van der Waals surface area (Å²) in [5.74, 6) is -0.0826. The van der Waals surface area contributed by atoms with Crippen molar-refractivity contribution < 1.29 is 19.1 Å². The summed E-state index contributed by atoms with van der Waals surface area (Å²) in [5, 5.41) is 3.41. The molecule has 0 unspecified atom stereocenters. The van der Waals surface area contributed by atoms with Gasteiger partial charge in [0.1, 0.15) is 5.75 Å². The molecule has 0 fully saturated rings. The van der Waals surface area contributed by atoms with Crippen LogP contribution in [0.5, 0.6) is 5.75 Å². The van der Waals surface area contributed by atoms with Crippen molar-refractivity contribution in [3.05, 3.63) is 58.1 Å². The van der Waals surface area contributed by atoms with Crippen molar-refractivity contribution in [1.82, 2.24) is 0 Å². The van der Waals surface area contributed by atoms with Gasteiger partial charge >= 0.3 is 5.97 Å². The third kappa shape index (κ3) is 7.31. The predicted octanol–water partition coefficient (Wildman–Crippen LogP) is 4.61. The molecule has 0 heterocycles. The highest BCUT2D eigenvalue weighted by atomic mass is 35.5. The molecular formula is C21H24ClNO4. The van der Waals surface area contributed by atoms with Crippen LogP contribution in [0.1, 0.15) is 29.5 Å². The van der Waals surface area contributed by atoms with Crippen molar-refractivity contribution in [2.45, 2.75) is 33.6 Å². The number of carbonyl (C=O) groups is 2. The minimum atomic E-state index is -0.429. The van der Waals surface area contributed by atoms with Crippen molar-refractivity contribution in [3.63, 3.8) is 0 Å². The normalized spacial score (nSPS) is 10.4. The first kappa shape index (κ1) is 20.8.